The van der Waals surface area contributed by atoms with Crippen molar-refractivity contribution in [2.24, 2.45) is 5.92 Å². The molecule has 1 aliphatic rings. The maximum atomic E-state index is 13.7. The lowest BCUT2D eigenvalue weighted by Crippen LogP contribution is -2.38. The highest BCUT2D eigenvalue weighted by atomic mass is 19.1. The number of aryl methyl sites for hydroxylation is 1. The number of piperidine rings is 1. The first-order valence-corrected chi connectivity index (χ1v) is 8.61. The summed E-state index contributed by atoms with van der Waals surface area (Å²) < 4.78 is 15.4. The maximum absolute atomic E-state index is 13.7. The highest BCUT2D eigenvalue weighted by molar-refractivity contribution is 5.92. The van der Waals surface area contributed by atoms with E-state index >= 15 is 0 Å². The number of rotatable bonds is 3. The van der Waals surface area contributed by atoms with Crippen LogP contribution in [0.25, 0.3) is 5.65 Å². The highest BCUT2D eigenvalue weighted by Crippen LogP contribution is 2.24. The van der Waals surface area contributed by atoms with E-state index in [9.17, 15) is 9.18 Å². The van der Waals surface area contributed by atoms with Gasteiger partial charge in [0, 0.05) is 19.0 Å². The summed E-state index contributed by atoms with van der Waals surface area (Å²) >= 11 is 0. The lowest BCUT2D eigenvalue weighted by molar-refractivity contribution is -0.120. The third-order valence-corrected chi connectivity index (χ3v) is 4.73. The van der Waals surface area contributed by atoms with E-state index in [1.165, 1.54) is 6.07 Å². The van der Waals surface area contributed by atoms with E-state index < -0.39 is 5.82 Å². The van der Waals surface area contributed by atoms with Crippen molar-refractivity contribution in [1.82, 2.24) is 19.8 Å². The van der Waals surface area contributed by atoms with Crippen LogP contribution in [0, 0.1) is 18.7 Å². The number of nitrogens with one attached hydrogen (secondary N) is 1. The number of anilines is 2. The first kappa shape index (κ1) is 16.4. The molecule has 1 saturated heterocycles. The fourth-order valence-corrected chi connectivity index (χ4v) is 3.22. The minimum absolute atomic E-state index is 0.132. The number of carbonyl (C=O) groups is 1. The molecule has 134 valence electrons. The van der Waals surface area contributed by atoms with E-state index in [1.54, 1.807) is 22.7 Å². The van der Waals surface area contributed by atoms with Crippen LogP contribution in [0.5, 0.6) is 0 Å². The maximum Gasteiger partial charge on any atom is 0.227 e. The predicted molar refractivity (Wildman–Crippen MR) is 95.5 cm³/mol. The molecule has 8 heteroatoms. The SMILES string of the molecule is Cc1nnc2ccc(N3CCC(C(=O)Nc4ccccc4F)CC3)nn12. The minimum Gasteiger partial charge on any atom is -0.355 e. The van der Waals surface area contributed by atoms with Crippen LogP contribution in [0.1, 0.15) is 18.7 Å². The van der Waals surface area contributed by atoms with Crippen molar-refractivity contribution in [3.8, 4) is 0 Å². The first-order chi connectivity index (χ1) is 12.6. The number of carbonyl (C=O) groups excluding carboxylic acids is 1. The molecule has 0 unspecified atom stereocenters. The molecule has 1 fully saturated rings. The second-order valence-electron chi connectivity index (χ2n) is 6.44. The number of para-hydroxylation sites is 1. The largest absolute Gasteiger partial charge is 0.355 e. The van der Waals surface area contributed by atoms with Crippen molar-refractivity contribution in [3.05, 3.63) is 48.0 Å². The molecule has 3 aromatic rings. The van der Waals surface area contributed by atoms with Gasteiger partial charge in [0.25, 0.3) is 0 Å². The smallest absolute Gasteiger partial charge is 0.227 e. The minimum atomic E-state index is -0.417. The standard InChI is InChI=1S/C18H19FN6O/c1-12-21-22-16-6-7-17(23-25(12)16)24-10-8-13(9-11-24)18(26)20-15-5-3-2-4-14(15)19/h2-7,13H,8-11H2,1H3,(H,20,26). The normalized spacial score (nSPS) is 15.4. The van der Waals surface area contributed by atoms with Gasteiger partial charge in [-0.1, -0.05) is 12.1 Å². The number of fused-ring (bicyclic) bond motifs is 1. The number of nitrogens with zero attached hydrogens (tertiary/aromatic N) is 5. The van der Waals surface area contributed by atoms with Gasteiger partial charge in [-0.3, -0.25) is 4.79 Å². The number of halogens is 1. The third-order valence-electron chi connectivity index (χ3n) is 4.73. The Morgan fingerprint density at radius 2 is 1.92 bits per heavy atom. The summed E-state index contributed by atoms with van der Waals surface area (Å²) in [6.45, 7) is 3.29. The molecule has 1 amide bonds. The molecule has 1 N–H and O–H groups in total. The van der Waals surface area contributed by atoms with Crippen LogP contribution in [0.3, 0.4) is 0 Å². The van der Waals surface area contributed by atoms with Gasteiger partial charge < -0.3 is 10.2 Å². The van der Waals surface area contributed by atoms with Crippen LogP contribution in [-0.4, -0.2) is 38.8 Å². The first-order valence-electron chi connectivity index (χ1n) is 8.61. The molecule has 26 heavy (non-hydrogen) atoms. The Bertz CT molecular complexity index is 948. The number of amides is 1. The summed E-state index contributed by atoms with van der Waals surface area (Å²) in [5.74, 6) is 0.897. The van der Waals surface area contributed by atoms with Gasteiger partial charge in [0.1, 0.15) is 11.6 Å². The Labute approximate surface area is 149 Å². The highest BCUT2D eigenvalue weighted by Gasteiger charge is 2.26. The second-order valence-corrected chi connectivity index (χ2v) is 6.44. The number of hydrogen-bond acceptors (Lipinski definition) is 5. The Morgan fingerprint density at radius 3 is 2.69 bits per heavy atom. The van der Waals surface area contributed by atoms with Crippen molar-refractivity contribution in [3.63, 3.8) is 0 Å². The summed E-state index contributed by atoms with van der Waals surface area (Å²) in [4.78, 5) is 14.6. The van der Waals surface area contributed by atoms with Crippen LogP contribution in [0.2, 0.25) is 0 Å². The van der Waals surface area contributed by atoms with Gasteiger partial charge in [0.2, 0.25) is 5.91 Å². The van der Waals surface area contributed by atoms with Gasteiger partial charge in [-0.15, -0.1) is 15.3 Å². The summed E-state index contributed by atoms with van der Waals surface area (Å²) in [6, 6.07) is 10.0. The molecule has 4 rings (SSSR count). The van der Waals surface area contributed by atoms with E-state index in [0.717, 1.165) is 24.7 Å². The van der Waals surface area contributed by atoms with Crippen LogP contribution in [0.4, 0.5) is 15.9 Å². The van der Waals surface area contributed by atoms with Crippen molar-refractivity contribution < 1.29 is 9.18 Å². The Morgan fingerprint density at radius 1 is 1.15 bits per heavy atom. The molecule has 3 heterocycles. The summed E-state index contributed by atoms with van der Waals surface area (Å²) in [5, 5.41) is 15.3. The molecule has 1 aliphatic heterocycles. The van der Waals surface area contributed by atoms with E-state index in [1.807, 2.05) is 19.1 Å². The van der Waals surface area contributed by atoms with Crippen molar-refractivity contribution in [1.29, 1.82) is 0 Å². The molecule has 0 aliphatic carbocycles. The fourth-order valence-electron chi connectivity index (χ4n) is 3.22. The lowest BCUT2D eigenvalue weighted by Gasteiger charge is -2.32. The fraction of sp³-hybridized carbons (Fsp3) is 0.333. The van der Waals surface area contributed by atoms with Crippen LogP contribution in [-0.2, 0) is 4.79 Å². The molecule has 2 aromatic heterocycles. The monoisotopic (exact) mass is 354 g/mol. The van der Waals surface area contributed by atoms with Gasteiger partial charge in [0.15, 0.2) is 11.5 Å². The molecule has 0 atom stereocenters. The lowest BCUT2D eigenvalue weighted by atomic mass is 9.96. The number of aromatic nitrogens is 4. The Hall–Kier alpha value is -3.03. The molecular formula is C18H19FN6O. The van der Waals surface area contributed by atoms with Crippen molar-refractivity contribution in [2.75, 3.05) is 23.3 Å². The summed E-state index contributed by atoms with van der Waals surface area (Å²) in [5.41, 5.74) is 0.945. The topological polar surface area (TPSA) is 75.4 Å². The summed E-state index contributed by atoms with van der Waals surface area (Å²) in [6.07, 6.45) is 1.39. The molecule has 0 bridgehead atoms. The van der Waals surface area contributed by atoms with Gasteiger partial charge in [-0.25, -0.2) is 4.39 Å². The summed E-state index contributed by atoms with van der Waals surface area (Å²) in [7, 11) is 0. The van der Waals surface area contributed by atoms with Crippen LogP contribution in [0.15, 0.2) is 36.4 Å². The Balaban J connectivity index is 1.41. The number of benzene rings is 1. The third kappa shape index (κ3) is 3.10. The molecule has 1 aromatic carbocycles. The van der Waals surface area contributed by atoms with Crippen molar-refractivity contribution in [2.45, 2.75) is 19.8 Å². The van der Waals surface area contributed by atoms with Gasteiger partial charge in [0.05, 0.1) is 5.69 Å². The van der Waals surface area contributed by atoms with Gasteiger partial charge in [-0.05, 0) is 44.0 Å². The quantitative estimate of drug-likeness (QED) is 0.782. The zero-order chi connectivity index (χ0) is 18.1. The van der Waals surface area contributed by atoms with Crippen molar-refractivity contribution >= 4 is 23.1 Å². The van der Waals surface area contributed by atoms with E-state index in [-0.39, 0.29) is 17.5 Å². The van der Waals surface area contributed by atoms with E-state index in [0.29, 0.717) is 18.5 Å². The molecule has 7 nitrogen and oxygen atoms in total. The van der Waals surface area contributed by atoms with E-state index in [2.05, 4.69) is 25.5 Å². The predicted octanol–water partition coefficient (Wildman–Crippen LogP) is 2.43. The number of hydrogen-bond donors (Lipinski definition) is 1. The van der Waals surface area contributed by atoms with Gasteiger partial charge in [-0.2, -0.15) is 4.52 Å². The molecular weight excluding hydrogens is 335 g/mol. The molecule has 0 spiro atoms. The second kappa shape index (κ2) is 6.70. The van der Waals surface area contributed by atoms with E-state index in [4.69, 9.17) is 0 Å². The van der Waals surface area contributed by atoms with Gasteiger partial charge >= 0.3 is 0 Å². The van der Waals surface area contributed by atoms with Crippen LogP contribution >= 0.6 is 0 Å². The zero-order valence-electron chi connectivity index (χ0n) is 14.4. The molecule has 0 saturated carbocycles. The average molecular weight is 354 g/mol. The zero-order valence-corrected chi connectivity index (χ0v) is 14.4. The molecule has 0 radical (unpaired) electrons. The average Bonchev–Trinajstić information content (AvgIpc) is 3.04. The Kier molecular flexibility index (Phi) is 4.24. The van der Waals surface area contributed by atoms with Crippen LogP contribution < -0.4 is 10.2 Å².